The summed E-state index contributed by atoms with van der Waals surface area (Å²) in [7, 11) is 0. The molecule has 0 saturated carbocycles. The molecule has 0 N–H and O–H groups in total. The monoisotopic (exact) mass is 411 g/mol. The van der Waals surface area contributed by atoms with E-state index in [1.807, 2.05) is 59.2 Å². The number of rotatable bonds is 6. The molecule has 4 rings (SSSR count). The number of aromatic nitrogens is 3. The molecule has 2 heterocycles. The van der Waals surface area contributed by atoms with Crippen LogP contribution in [-0.4, -0.2) is 47.7 Å². The van der Waals surface area contributed by atoms with Gasteiger partial charge in [0.25, 0.3) is 0 Å². The Balaban J connectivity index is 1.82. The largest absolute Gasteiger partial charge is 0.480 e. The van der Waals surface area contributed by atoms with Gasteiger partial charge in [0, 0.05) is 18.7 Å². The molecule has 0 atom stereocenters. The molecule has 0 spiro atoms. The van der Waals surface area contributed by atoms with Crippen LogP contribution in [0.4, 0.5) is 5.95 Å². The van der Waals surface area contributed by atoms with Crippen LogP contribution in [-0.2, 0) is 4.74 Å². The van der Waals surface area contributed by atoms with Crippen LogP contribution in [0.2, 0.25) is 0 Å². The van der Waals surface area contributed by atoms with Crippen molar-refractivity contribution in [3.05, 3.63) is 66.0 Å². The van der Waals surface area contributed by atoms with Crippen molar-refractivity contribution >= 4 is 17.6 Å². The molecule has 1 fully saturated rings. The van der Waals surface area contributed by atoms with Gasteiger partial charge in [0.2, 0.25) is 5.95 Å². The summed E-state index contributed by atoms with van der Waals surface area (Å²) in [5.41, 5.74) is 1.99. The first-order chi connectivity index (χ1) is 15.3. The Bertz CT molecular complexity index is 1150. The van der Waals surface area contributed by atoms with Crippen molar-refractivity contribution in [2.75, 3.05) is 37.8 Å². The molecule has 2 aromatic carbocycles. The number of para-hydroxylation sites is 2. The molecule has 31 heavy (non-hydrogen) atoms. The van der Waals surface area contributed by atoms with E-state index in [0.29, 0.717) is 49.4 Å². The number of morpholine rings is 1. The Labute approximate surface area is 181 Å². The third-order valence-corrected chi connectivity index (χ3v) is 4.85. The molecular weight excluding hydrogens is 390 g/mol. The van der Waals surface area contributed by atoms with E-state index >= 15 is 0 Å². The van der Waals surface area contributed by atoms with Crippen LogP contribution in [0.25, 0.3) is 17.3 Å². The first-order valence-corrected chi connectivity index (χ1v) is 9.93. The smallest absolute Gasteiger partial charge is 0.232 e. The van der Waals surface area contributed by atoms with Crippen molar-refractivity contribution in [1.29, 1.82) is 5.26 Å². The minimum absolute atomic E-state index is 0.147. The van der Waals surface area contributed by atoms with E-state index in [1.165, 1.54) is 0 Å². The van der Waals surface area contributed by atoms with Gasteiger partial charge in [-0.3, -0.25) is 4.57 Å². The van der Waals surface area contributed by atoms with Crippen LogP contribution in [0, 0.1) is 23.7 Å². The van der Waals surface area contributed by atoms with Crippen LogP contribution >= 0.6 is 0 Å². The van der Waals surface area contributed by atoms with Crippen molar-refractivity contribution in [3.8, 4) is 29.8 Å². The van der Waals surface area contributed by atoms with E-state index in [-0.39, 0.29) is 6.61 Å². The standard InChI is InChI=1S/C24H21N5O2/c1-2-14-31-22-11-7-6-8-19(22)17-20(18-25)23-26-27-24(28-12-15-30-16-13-28)29(23)21-9-4-3-5-10-21/h1,3-11,17H,12-16H2/b20-17+. The summed E-state index contributed by atoms with van der Waals surface area (Å²) in [6.07, 6.45) is 7.07. The van der Waals surface area contributed by atoms with Crippen LogP contribution < -0.4 is 9.64 Å². The summed E-state index contributed by atoms with van der Waals surface area (Å²) in [5.74, 6) is 4.21. The Morgan fingerprint density at radius 1 is 1.10 bits per heavy atom. The number of anilines is 1. The van der Waals surface area contributed by atoms with Gasteiger partial charge in [-0.15, -0.1) is 16.6 Å². The van der Waals surface area contributed by atoms with Gasteiger partial charge in [-0.25, -0.2) is 0 Å². The van der Waals surface area contributed by atoms with Crippen LogP contribution in [0.5, 0.6) is 5.75 Å². The van der Waals surface area contributed by atoms with Crippen molar-refractivity contribution in [2.45, 2.75) is 0 Å². The number of allylic oxidation sites excluding steroid dienone is 1. The fourth-order valence-electron chi connectivity index (χ4n) is 3.39. The Morgan fingerprint density at radius 2 is 1.84 bits per heavy atom. The molecule has 7 heteroatoms. The number of ether oxygens (including phenoxy) is 2. The molecular formula is C24H21N5O2. The number of hydrogen-bond acceptors (Lipinski definition) is 6. The summed E-state index contributed by atoms with van der Waals surface area (Å²) in [5, 5.41) is 18.8. The zero-order valence-electron chi connectivity index (χ0n) is 16.9. The summed E-state index contributed by atoms with van der Waals surface area (Å²) in [4.78, 5) is 2.12. The second kappa shape index (κ2) is 9.62. The van der Waals surface area contributed by atoms with Gasteiger partial charge in [-0.2, -0.15) is 5.26 Å². The van der Waals surface area contributed by atoms with Crippen molar-refractivity contribution < 1.29 is 9.47 Å². The summed E-state index contributed by atoms with van der Waals surface area (Å²) >= 11 is 0. The molecule has 1 aliphatic heterocycles. The lowest BCUT2D eigenvalue weighted by Gasteiger charge is -2.28. The molecule has 0 amide bonds. The Hall–Kier alpha value is -4.07. The minimum atomic E-state index is 0.147. The van der Waals surface area contributed by atoms with Gasteiger partial charge in [0.15, 0.2) is 5.82 Å². The van der Waals surface area contributed by atoms with Crippen molar-refractivity contribution in [2.24, 2.45) is 0 Å². The third-order valence-electron chi connectivity index (χ3n) is 4.85. The molecule has 0 aliphatic carbocycles. The predicted molar refractivity (Wildman–Crippen MR) is 119 cm³/mol. The quantitative estimate of drug-likeness (QED) is 0.458. The average molecular weight is 411 g/mol. The van der Waals surface area contributed by atoms with Crippen LogP contribution in [0.1, 0.15) is 11.4 Å². The zero-order valence-corrected chi connectivity index (χ0v) is 16.9. The topological polar surface area (TPSA) is 76.2 Å². The second-order valence-electron chi connectivity index (χ2n) is 6.79. The molecule has 1 aromatic heterocycles. The number of hydrogen-bond donors (Lipinski definition) is 0. The third kappa shape index (κ3) is 4.42. The Morgan fingerprint density at radius 3 is 2.58 bits per heavy atom. The lowest BCUT2D eigenvalue weighted by molar-refractivity contribution is 0.122. The number of terminal acetylenes is 1. The summed E-state index contributed by atoms with van der Waals surface area (Å²) in [6, 6.07) is 19.5. The lowest BCUT2D eigenvalue weighted by Crippen LogP contribution is -2.38. The molecule has 1 aliphatic rings. The zero-order chi connectivity index (χ0) is 21.5. The molecule has 1 saturated heterocycles. The van der Waals surface area contributed by atoms with E-state index < -0.39 is 0 Å². The van der Waals surface area contributed by atoms with Crippen LogP contribution in [0.15, 0.2) is 54.6 Å². The average Bonchev–Trinajstić information content (AvgIpc) is 3.28. The summed E-state index contributed by atoms with van der Waals surface area (Å²) < 4.78 is 13.0. The fraction of sp³-hybridized carbons (Fsp3) is 0.208. The van der Waals surface area contributed by atoms with Crippen molar-refractivity contribution in [1.82, 2.24) is 14.8 Å². The highest BCUT2D eigenvalue weighted by atomic mass is 16.5. The maximum absolute atomic E-state index is 9.99. The van der Waals surface area contributed by atoms with Crippen molar-refractivity contribution in [3.63, 3.8) is 0 Å². The van der Waals surface area contributed by atoms with Gasteiger partial charge < -0.3 is 14.4 Å². The van der Waals surface area contributed by atoms with Gasteiger partial charge in [-0.05, 0) is 24.3 Å². The second-order valence-corrected chi connectivity index (χ2v) is 6.79. The minimum Gasteiger partial charge on any atom is -0.480 e. The lowest BCUT2D eigenvalue weighted by atomic mass is 10.1. The Kier molecular flexibility index (Phi) is 6.27. The maximum atomic E-state index is 9.99. The molecule has 0 bridgehead atoms. The highest BCUT2D eigenvalue weighted by molar-refractivity contribution is 5.89. The number of benzene rings is 2. The number of nitriles is 1. The summed E-state index contributed by atoms with van der Waals surface area (Å²) in [6.45, 7) is 2.81. The van der Waals surface area contributed by atoms with E-state index in [2.05, 4.69) is 27.1 Å². The maximum Gasteiger partial charge on any atom is 0.232 e. The normalized spacial score (nSPS) is 14.0. The van der Waals surface area contributed by atoms with E-state index in [9.17, 15) is 5.26 Å². The highest BCUT2D eigenvalue weighted by Crippen LogP contribution is 2.28. The van der Waals surface area contributed by atoms with Crippen LogP contribution in [0.3, 0.4) is 0 Å². The van der Waals surface area contributed by atoms with E-state index in [4.69, 9.17) is 15.9 Å². The number of nitrogens with zero attached hydrogens (tertiary/aromatic N) is 5. The SMILES string of the molecule is C#CCOc1ccccc1/C=C(\C#N)c1nnc(N2CCOCC2)n1-c1ccccc1. The predicted octanol–water partition coefficient (Wildman–Crippen LogP) is 3.18. The van der Waals surface area contributed by atoms with Gasteiger partial charge >= 0.3 is 0 Å². The molecule has 0 radical (unpaired) electrons. The highest BCUT2D eigenvalue weighted by Gasteiger charge is 2.23. The first kappa shape index (κ1) is 20.2. The van der Waals surface area contributed by atoms with E-state index in [0.717, 1.165) is 11.3 Å². The first-order valence-electron chi connectivity index (χ1n) is 9.93. The molecule has 0 unspecified atom stereocenters. The van der Waals surface area contributed by atoms with Gasteiger partial charge in [0.05, 0.1) is 24.5 Å². The van der Waals surface area contributed by atoms with Gasteiger partial charge in [-0.1, -0.05) is 42.3 Å². The van der Waals surface area contributed by atoms with Gasteiger partial charge in [0.1, 0.15) is 18.4 Å². The fourth-order valence-corrected chi connectivity index (χ4v) is 3.39. The molecule has 3 aromatic rings. The molecule has 7 nitrogen and oxygen atoms in total. The van der Waals surface area contributed by atoms with E-state index in [1.54, 1.807) is 6.08 Å². The molecule has 154 valence electrons.